The van der Waals surface area contributed by atoms with Crippen molar-refractivity contribution in [3.05, 3.63) is 17.6 Å². The van der Waals surface area contributed by atoms with Crippen molar-refractivity contribution in [3.63, 3.8) is 0 Å². The van der Waals surface area contributed by atoms with Crippen LogP contribution in [-0.4, -0.2) is 48.7 Å². The lowest BCUT2D eigenvalue weighted by Crippen LogP contribution is -2.28. The molecule has 1 N–H and O–H groups in total. The summed E-state index contributed by atoms with van der Waals surface area (Å²) >= 11 is 0. The molecule has 0 amide bonds. The lowest BCUT2D eigenvalue weighted by Gasteiger charge is -2.28. The van der Waals surface area contributed by atoms with Crippen LogP contribution in [0.4, 0.5) is 0 Å². The van der Waals surface area contributed by atoms with Crippen LogP contribution in [0.1, 0.15) is 42.5 Å². The number of aromatic nitrogens is 2. The third-order valence-electron chi connectivity index (χ3n) is 4.14. The Kier molecular flexibility index (Phi) is 3.66. The Morgan fingerprint density at radius 1 is 1.26 bits per heavy atom. The van der Waals surface area contributed by atoms with E-state index in [2.05, 4.69) is 27.2 Å². The molecule has 0 radical (unpaired) electrons. The Labute approximate surface area is 114 Å². The van der Waals surface area contributed by atoms with Crippen molar-refractivity contribution < 1.29 is 4.74 Å². The zero-order valence-corrected chi connectivity index (χ0v) is 11.7. The molecule has 3 rings (SSSR count). The van der Waals surface area contributed by atoms with Crippen molar-refractivity contribution in [1.82, 2.24) is 20.2 Å². The second-order valence-corrected chi connectivity index (χ2v) is 5.49. The molecule has 2 heterocycles. The average molecular weight is 262 g/mol. The molecule has 2 fully saturated rings. The van der Waals surface area contributed by atoms with E-state index in [1.54, 1.807) is 13.4 Å². The predicted molar refractivity (Wildman–Crippen MR) is 73.4 cm³/mol. The van der Waals surface area contributed by atoms with Crippen LogP contribution in [0, 0.1) is 0 Å². The molecule has 5 heteroatoms. The summed E-state index contributed by atoms with van der Waals surface area (Å²) in [5.74, 6) is 1.38. The van der Waals surface area contributed by atoms with Gasteiger partial charge in [0.15, 0.2) is 0 Å². The number of hydrogen-bond acceptors (Lipinski definition) is 5. The highest BCUT2D eigenvalue weighted by molar-refractivity contribution is 5.37. The van der Waals surface area contributed by atoms with Gasteiger partial charge in [-0.1, -0.05) is 0 Å². The minimum absolute atomic E-state index is 0.363. The summed E-state index contributed by atoms with van der Waals surface area (Å²) in [4.78, 5) is 11.3. The van der Waals surface area contributed by atoms with Gasteiger partial charge < -0.3 is 10.1 Å². The molecular formula is C14H22N4O. The quantitative estimate of drug-likeness (QED) is 0.890. The Morgan fingerprint density at radius 2 is 2.11 bits per heavy atom. The Morgan fingerprint density at radius 3 is 2.84 bits per heavy atom. The van der Waals surface area contributed by atoms with Gasteiger partial charge in [-0.2, -0.15) is 0 Å². The largest absolute Gasteiger partial charge is 0.481 e. The Bertz CT molecular complexity index is 447. The highest BCUT2D eigenvalue weighted by Crippen LogP contribution is 2.45. The first kappa shape index (κ1) is 12.8. The summed E-state index contributed by atoms with van der Waals surface area (Å²) in [6.07, 6.45) is 5.23. The highest BCUT2D eigenvalue weighted by Gasteiger charge is 2.34. The van der Waals surface area contributed by atoms with Crippen LogP contribution in [0.15, 0.2) is 6.33 Å². The second kappa shape index (κ2) is 5.43. The number of rotatable bonds is 3. The van der Waals surface area contributed by atoms with Gasteiger partial charge in [0.1, 0.15) is 6.33 Å². The topological polar surface area (TPSA) is 50.3 Å². The summed E-state index contributed by atoms with van der Waals surface area (Å²) in [6, 6.07) is 0.363. The minimum Gasteiger partial charge on any atom is -0.481 e. The molecule has 2 aliphatic rings. The first-order chi connectivity index (χ1) is 9.31. The molecule has 1 saturated heterocycles. The van der Waals surface area contributed by atoms with E-state index in [1.807, 2.05) is 0 Å². The molecule has 1 unspecified atom stereocenters. The number of hydrogen-bond donors (Lipinski definition) is 1. The van der Waals surface area contributed by atoms with Crippen LogP contribution in [-0.2, 0) is 0 Å². The van der Waals surface area contributed by atoms with E-state index < -0.39 is 0 Å². The van der Waals surface area contributed by atoms with Crippen molar-refractivity contribution in [3.8, 4) is 5.88 Å². The van der Waals surface area contributed by atoms with Crippen LogP contribution in [0.2, 0.25) is 0 Å². The SMILES string of the molecule is COc1ncnc(C2CC2)c1C1CCNCCN1C. The third-order valence-corrected chi connectivity index (χ3v) is 4.14. The fourth-order valence-corrected chi connectivity index (χ4v) is 2.91. The molecule has 5 nitrogen and oxygen atoms in total. The van der Waals surface area contributed by atoms with E-state index >= 15 is 0 Å². The van der Waals surface area contributed by atoms with Gasteiger partial charge in [0.05, 0.1) is 18.4 Å². The number of methoxy groups -OCH3 is 1. The molecule has 1 aliphatic carbocycles. The van der Waals surface area contributed by atoms with Gasteiger partial charge >= 0.3 is 0 Å². The number of likely N-dealkylation sites (N-methyl/N-ethyl adjacent to an activating group) is 1. The molecule has 0 aromatic carbocycles. The number of ether oxygens (including phenoxy) is 1. The molecule has 1 atom stereocenters. The highest BCUT2D eigenvalue weighted by atomic mass is 16.5. The Hall–Kier alpha value is -1.20. The first-order valence-electron chi connectivity index (χ1n) is 7.11. The van der Waals surface area contributed by atoms with E-state index in [4.69, 9.17) is 4.74 Å². The predicted octanol–water partition coefficient (Wildman–Crippen LogP) is 1.33. The summed E-state index contributed by atoms with van der Waals surface area (Å²) in [6.45, 7) is 3.13. The van der Waals surface area contributed by atoms with Gasteiger partial charge in [-0.3, -0.25) is 4.90 Å². The van der Waals surface area contributed by atoms with Crippen molar-refractivity contribution >= 4 is 0 Å². The van der Waals surface area contributed by atoms with Crippen molar-refractivity contribution in [2.75, 3.05) is 33.8 Å². The van der Waals surface area contributed by atoms with Crippen molar-refractivity contribution in [1.29, 1.82) is 0 Å². The summed E-state index contributed by atoms with van der Waals surface area (Å²) < 4.78 is 5.51. The van der Waals surface area contributed by atoms with Gasteiger partial charge in [0.2, 0.25) is 5.88 Å². The van der Waals surface area contributed by atoms with Gasteiger partial charge in [0, 0.05) is 25.0 Å². The second-order valence-electron chi connectivity index (χ2n) is 5.49. The zero-order valence-electron chi connectivity index (χ0n) is 11.7. The monoisotopic (exact) mass is 262 g/mol. The standard InChI is InChI=1S/C14H22N4O/c1-18-8-7-15-6-5-11(18)12-13(10-3-4-10)16-9-17-14(12)19-2/h9-11,15H,3-8H2,1-2H3. The molecule has 19 heavy (non-hydrogen) atoms. The smallest absolute Gasteiger partial charge is 0.221 e. The zero-order chi connectivity index (χ0) is 13.2. The lowest BCUT2D eigenvalue weighted by atomic mass is 9.99. The molecular weight excluding hydrogens is 240 g/mol. The van der Waals surface area contributed by atoms with Crippen LogP contribution >= 0.6 is 0 Å². The van der Waals surface area contributed by atoms with E-state index in [1.165, 1.54) is 24.1 Å². The van der Waals surface area contributed by atoms with Crippen LogP contribution in [0.25, 0.3) is 0 Å². The molecule has 1 aromatic heterocycles. The third kappa shape index (κ3) is 2.58. The fraction of sp³-hybridized carbons (Fsp3) is 0.714. The normalized spacial score (nSPS) is 25.1. The maximum atomic E-state index is 5.51. The number of nitrogens with zero attached hydrogens (tertiary/aromatic N) is 3. The van der Waals surface area contributed by atoms with E-state index in [-0.39, 0.29) is 0 Å². The minimum atomic E-state index is 0.363. The van der Waals surface area contributed by atoms with Crippen LogP contribution in [0.3, 0.4) is 0 Å². The van der Waals surface area contributed by atoms with Gasteiger partial charge in [-0.25, -0.2) is 9.97 Å². The fourth-order valence-electron chi connectivity index (χ4n) is 2.91. The Balaban J connectivity index is 2.00. The van der Waals surface area contributed by atoms with Crippen molar-refractivity contribution in [2.45, 2.75) is 31.2 Å². The van der Waals surface area contributed by atoms with E-state index in [0.29, 0.717) is 12.0 Å². The van der Waals surface area contributed by atoms with Gasteiger partial charge in [0.25, 0.3) is 0 Å². The summed E-state index contributed by atoms with van der Waals surface area (Å²) in [7, 11) is 3.89. The van der Waals surface area contributed by atoms with Crippen LogP contribution < -0.4 is 10.1 Å². The molecule has 1 aliphatic heterocycles. The van der Waals surface area contributed by atoms with Crippen LogP contribution in [0.5, 0.6) is 5.88 Å². The lowest BCUT2D eigenvalue weighted by molar-refractivity contribution is 0.247. The maximum Gasteiger partial charge on any atom is 0.221 e. The maximum absolute atomic E-state index is 5.51. The van der Waals surface area contributed by atoms with Gasteiger partial charge in [-0.15, -0.1) is 0 Å². The summed E-state index contributed by atoms with van der Waals surface area (Å²) in [5, 5.41) is 3.46. The molecule has 1 aromatic rings. The summed E-state index contributed by atoms with van der Waals surface area (Å²) in [5.41, 5.74) is 2.43. The molecule has 1 saturated carbocycles. The van der Waals surface area contributed by atoms with Crippen molar-refractivity contribution in [2.24, 2.45) is 0 Å². The number of nitrogens with one attached hydrogen (secondary N) is 1. The molecule has 0 spiro atoms. The first-order valence-corrected chi connectivity index (χ1v) is 7.11. The average Bonchev–Trinajstić information content (AvgIpc) is 3.25. The molecule has 0 bridgehead atoms. The molecule has 104 valence electrons. The van der Waals surface area contributed by atoms with E-state index in [9.17, 15) is 0 Å². The van der Waals surface area contributed by atoms with Gasteiger partial charge in [-0.05, 0) is 32.9 Å². The van der Waals surface area contributed by atoms with E-state index in [0.717, 1.165) is 31.9 Å².